The smallest absolute Gasteiger partial charge is 0.335 e. The molecule has 0 saturated heterocycles. The number of carbonyl (C=O) groups excluding carboxylic acids is 1. The van der Waals surface area contributed by atoms with Crippen molar-refractivity contribution in [3.05, 3.63) is 54.1 Å². The van der Waals surface area contributed by atoms with Crippen molar-refractivity contribution in [2.75, 3.05) is 13.2 Å². The zero-order chi connectivity index (χ0) is 24.6. The molecular formula is C30H44O4. The Balaban J connectivity index is 1.78. The van der Waals surface area contributed by atoms with Gasteiger partial charge in [-0.2, -0.15) is 0 Å². The lowest BCUT2D eigenvalue weighted by atomic mass is 10.0. The van der Waals surface area contributed by atoms with Crippen molar-refractivity contribution in [3.63, 3.8) is 0 Å². The molecule has 0 heterocycles. The number of unbranched alkanes of at least 4 members (excludes halogenated alkanes) is 7. The van der Waals surface area contributed by atoms with Gasteiger partial charge in [0.2, 0.25) is 0 Å². The Morgan fingerprint density at radius 3 is 1.85 bits per heavy atom. The molecule has 0 aliphatic heterocycles. The summed E-state index contributed by atoms with van der Waals surface area (Å²) in [5.41, 5.74) is 3.23. The Morgan fingerprint density at radius 2 is 1.24 bits per heavy atom. The first-order valence-electron chi connectivity index (χ1n) is 13.2. The number of hydrogen-bond donors (Lipinski definition) is 0. The standard InChI is InChI=1S/C30H44O4/c1-5-7-9-11-13-23-33-29-20-18-28(19-21-29)27-16-14-26(15-17-27)24(3)34-30(31)25(4)32-22-12-10-8-6-2/h14-21,24-25H,5-13,22-23H2,1-4H3. The van der Waals surface area contributed by atoms with Crippen LogP contribution in [0.4, 0.5) is 0 Å². The molecule has 4 nitrogen and oxygen atoms in total. The second-order valence-corrected chi connectivity index (χ2v) is 9.06. The summed E-state index contributed by atoms with van der Waals surface area (Å²) in [5.74, 6) is 0.603. The molecule has 0 radical (unpaired) electrons. The van der Waals surface area contributed by atoms with Gasteiger partial charge in [0.1, 0.15) is 11.9 Å². The molecule has 0 bridgehead atoms. The topological polar surface area (TPSA) is 44.8 Å². The van der Waals surface area contributed by atoms with E-state index in [0.717, 1.165) is 48.3 Å². The van der Waals surface area contributed by atoms with E-state index in [2.05, 4.69) is 38.1 Å². The van der Waals surface area contributed by atoms with Gasteiger partial charge in [-0.15, -0.1) is 0 Å². The minimum Gasteiger partial charge on any atom is -0.494 e. The number of hydrogen-bond acceptors (Lipinski definition) is 4. The van der Waals surface area contributed by atoms with E-state index < -0.39 is 6.10 Å². The first-order chi connectivity index (χ1) is 16.5. The van der Waals surface area contributed by atoms with E-state index >= 15 is 0 Å². The highest BCUT2D eigenvalue weighted by Crippen LogP contribution is 2.26. The average Bonchev–Trinajstić information content (AvgIpc) is 2.86. The minimum absolute atomic E-state index is 0.312. The molecule has 2 rings (SSSR count). The lowest BCUT2D eigenvalue weighted by Gasteiger charge is -2.18. The highest BCUT2D eigenvalue weighted by Gasteiger charge is 2.19. The molecule has 34 heavy (non-hydrogen) atoms. The van der Waals surface area contributed by atoms with Crippen molar-refractivity contribution in [1.29, 1.82) is 0 Å². The van der Waals surface area contributed by atoms with Gasteiger partial charge in [-0.1, -0.05) is 95.2 Å². The lowest BCUT2D eigenvalue weighted by Crippen LogP contribution is -2.25. The summed E-state index contributed by atoms with van der Waals surface area (Å²) in [5, 5.41) is 0. The van der Waals surface area contributed by atoms with Crippen LogP contribution in [-0.4, -0.2) is 25.3 Å². The summed E-state index contributed by atoms with van der Waals surface area (Å²) >= 11 is 0. The molecule has 0 spiro atoms. The molecular weight excluding hydrogens is 424 g/mol. The molecule has 0 amide bonds. The third-order valence-corrected chi connectivity index (χ3v) is 6.07. The van der Waals surface area contributed by atoms with Crippen molar-refractivity contribution in [2.45, 2.75) is 97.7 Å². The fourth-order valence-electron chi connectivity index (χ4n) is 3.78. The monoisotopic (exact) mass is 468 g/mol. The van der Waals surface area contributed by atoms with Crippen LogP contribution in [0.25, 0.3) is 11.1 Å². The van der Waals surface area contributed by atoms with E-state index in [1.165, 1.54) is 38.5 Å². The summed E-state index contributed by atoms with van der Waals surface area (Å²) in [6.07, 6.45) is 9.85. The minimum atomic E-state index is -0.541. The Hall–Kier alpha value is -2.33. The van der Waals surface area contributed by atoms with Crippen molar-refractivity contribution < 1.29 is 19.0 Å². The predicted octanol–water partition coefficient (Wildman–Crippen LogP) is 8.29. The summed E-state index contributed by atoms with van der Waals surface area (Å²) in [6, 6.07) is 16.4. The molecule has 2 aromatic carbocycles. The molecule has 0 fully saturated rings. The normalized spacial score (nSPS) is 12.8. The Labute approximate surface area is 207 Å². The van der Waals surface area contributed by atoms with Crippen LogP contribution in [0.1, 0.15) is 97.1 Å². The summed E-state index contributed by atoms with van der Waals surface area (Å²) in [4.78, 5) is 12.3. The van der Waals surface area contributed by atoms with Crippen LogP contribution < -0.4 is 4.74 Å². The Bertz CT molecular complexity index is 798. The number of carbonyl (C=O) groups is 1. The number of esters is 1. The molecule has 0 aromatic heterocycles. The number of benzene rings is 2. The van der Waals surface area contributed by atoms with Gasteiger partial charge in [-0.05, 0) is 55.5 Å². The van der Waals surface area contributed by atoms with Crippen LogP contribution in [0, 0.1) is 0 Å². The largest absolute Gasteiger partial charge is 0.494 e. The van der Waals surface area contributed by atoms with Gasteiger partial charge in [0, 0.05) is 6.61 Å². The van der Waals surface area contributed by atoms with Crippen LogP contribution in [0.15, 0.2) is 48.5 Å². The summed E-state index contributed by atoms with van der Waals surface area (Å²) in [6.45, 7) is 9.44. The fourth-order valence-corrected chi connectivity index (χ4v) is 3.78. The molecule has 2 unspecified atom stereocenters. The lowest BCUT2D eigenvalue weighted by molar-refractivity contribution is -0.161. The maximum Gasteiger partial charge on any atom is 0.335 e. The van der Waals surface area contributed by atoms with E-state index in [-0.39, 0.29) is 12.1 Å². The van der Waals surface area contributed by atoms with Crippen molar-refractivity contribution in [1.82, 2.24) is 0 Å². The summed E-state index contributed by atoms with van der Waals surface area (Å²) in [7, 11) is 0. The third kappa shape index (κ3) is 10.3. The van der Waals surface area contributed by atoms with Crippen LogP contribution in [0.3, 0.4) is 0 Å². The van der Waals surface area contributed by atoms with Gasteiger partial charge in [-0.25, -0.2) is 4.79 Å². The highest BCUT2D eigenvalue weighted by molar-refractivity contribution is 5.74. The average molecular weight is 469 g/mol. The first kappa shape index (κ1) is 27.9. The number of ether oxygens (including phenoxy) is 3. The van der Waals surface area contributed by atoms with E-state index in [9.17, 15) is 4.79 Å². The van der Waals surface area contributed by atoms with Crippen molar-refractivity contribution in [2.24, 2.45) is 0 Å². The second-order valence-electron chi connectivity index (χ2n) is 9.06. The van der Waals surface area contributed by atoms with Gasteiger partial charge in [0.15, 0.2) is 6.10 Å². The zero-order valence-electron chi connectivity index (χ0n) is 21.7. The van der Waals surface area contributed by atoms with E-state index in [1.54, 1.807) is 6.92 Å². The summed E-state index contributed by atoms with van der Waals surface area (Å²) < 4.78 is 17.1. The fraction of sp³-hybridized carbons (Fsp3) is 0.567. The maximum atomic E-state index is 12.3. The van der Waals surface area contributed by atoms with Gasteiger partial charge in [-0.3, -0.25) is 0 Å². The van der Waals surface area contributed by atoms with Crippen molar-refractivity contribution in [3.8, 4) is 16.9 Å². The second kappa shape index (κ2) is 16.3. The maximum absolute atomic E-state index is 12.3. The van der Waals surface area contributed by atoms with Gasteiger partial charge < -0.3 is 14.2 Å². The Morgan fingerprint density at radius 1 is 0.706 bits per heavy atom. The highest BCUT2D eigenvalue weighted by atomic mass is 16.6. The van der Waals surface area contributed by atoms with Crippen LogP contribution in [0.2, 0.25) is 0 Å². The van der Waals surface area contributed by atoms with Gasteiger partial charge in [0.05, 0.1) is 6.61 Å². The molecule has 0 saturated carbocycles. The molecule has 4 heteroatoms. The molecule has 2 aromatic rings. The molecule has 0 aliphatic carbocycles. The number of rotatable bonds is 17. The Kier molecular flexibility index (Phi) is 13.4. The van der Waals surface area contributed by atoms with Crippen LogP contribution in [-0.2, 0) is 14.3 Å². The SMILES string of the molecule is CCCCCCCOc1ccc(-c2ccc(C(C)OC(=O)C(C)OCCCCCC)cc2)cc1. The van der Waals surface area contributed by atoms with E-state index in [4.69, 9.17) is 14.2 Å². The quantitative estimate of drug-likeness (QED) is 0.173. The van der Waals surface area contributed by atoms with Gasteiger partial charge in [0.25, 0.3) is 0 Å². The van der Waals surface area contributed by atoms with Crippen LogP contribution >= 0.6 is 0 Å². The zero-order valence-corrected chi connectivity index (χ0v) is 21.7. The first-order valence-corrected chi connectivity index (χ1v) is 13.2. The van der Waals surface area contributed by atoms with Crippen molar-refractivity contribution >= 4 is 5.97 Å². The molecule has 2 atom stereocenters. The van der Waals surface area contributed by atoms with E-state index in [1.807, 2.05) is 31.2 Å². The molecule has 0 N–H and O–H groups in total. The van der Waals surface area contributed by atoms with Gasteiger partial charge >= 0.3 is 5.97 Å². The van der Waals surface area contributed by atoms with E-state index in [0.29, 0.717) is 6.61 Å². The molecule has 188 valence electrons. The van der Waals surface area contributed by atoms with Crippen LogP contribution in [0.5, 0.6) is 5.75 Å². The third-order valence-electron chi connectivity index (χ3n) is 6.07. The predicted molar refractivity (Wildman–Crippen MR) is 140 cm³/mol. The molecule has 0 aliphatic rings.